The van der Waals surface area contributed by atoms with Crippen LogP contribution in [0.4, 0.5) is 11.4 Å². The molecule has 0 fully saturated rings. The number of rotatable bonds is 2. The average Bonchev–Trinajstić information content (AvgIpc) is 2.91. The van der Waals surface area contributed by atoms with Crippen molar-refractivity contribution in [3.8, 4) is 0 Å². The van der Waals surface area contributed by atoms with Gasteiger partial charge in [-0.25, -0.2) is 0 Å². The van der Waals surface area contributed by atoms with Gasteiger partial charge in [0.05, 0.1) is 17.4 Å². The highest BCUT2D eigenvalue weighted by Gasteiger charge is 2.35. The summed E-state index contributed by atoms with van der Waals surface area (Å²) in [6, 6.07) is 25.9. The Bertz CT molecular complexity index is 1110. The maximum absolute atomic E-state index is 13.4. The van der Waals surface area contributed by atoms with E-state index in [9.17, 15) is 4.79 Å². The normalized spacial score (nSPS) is 20.8. The van der Waals surface area contributed by atoms with E-state index in [1.807, 2.05) is 66.7 Å². The maximum atomic E-state index is 13.4. The summed E-state index contributed by atoms with van der Waals surface area (Å²) in [6.07, 6.45) is 1.32. The second-order valence-corrected chi connectivity index (χ2v) is 8.07. The Kier molecular flexibility index (Phi) is 4.61. The van der Waals surface area contributed by atoms with E-state index >= 15 is 0 Å². The lowest BCUT2D eigenvalue weighted by Crippen LogP contribution is -2.26. The molecule has 0 spiro atoms. The third kappa shape index (κ3) is 3.43. The number of nitrogens with one attached hydrogen (secondary N) is 2. The summed E-state index contributed by atoms with van der Waals surface area (Å²) >= 11 is 6.28. The zero-order valence-corrected chi connectivity index (χ0v) is 16.6. The number of Topliss-reactive ketones (excluding diaryl/α,β-unsaturated/α-hetero) is 1. The van der Waals surface area contributed by atoms with Crippen LogP contribution in [0.1, 0.15) is 35.9 Å². The van der Waals surface area contributed by atoms with Gasteiger partial charge < -0.3 is 10.6 Å². The highest BCUT2D eigenvalue weighted by molar-refractivity contribution is 6.30. The molecular weight excluding hydrogens is 380 g/mol. The summed E-state index contributed by atoms with van der Waals surface area (Å²) in [5.74, 6) is 0.359. The molecule has 4 heteroatoms. The molecule has 0 amide bonds. The highest BCUT2D eigenvalue weighted by Crippen LogP contribution is 2.44. The van der Waals surface area contributed by atoms with E-state index in [-0.39, 0.29) is 17.7 Å². The largest absolute Gasteiger partial charge is 0.372 e. The van der Waals surface area contributed by atoms with Gasteiger partial charge in [-0.15, -0.1) is 0 Å². The van der Waals surface area contributed by atoms with E-state index in [0.717, 1.165) is 34.6 Å². The Morgan fingerprint density at radius 1 is 0.793 bits per heavy atom. The van der Waals surface area contributed by atoms with Gasteiger partial charge in [-0.2, -0.15) is 0 Å². The molecule has 3 aromatic rings. The van der Waals surface area contributed by atoms with Crippen LogP contribution in [0.15, 0.2) is 90.1 Å². The zero-order valence-electron chi connectivity index (χ0n) is 15.9. The van der Waals surface area contributed by atoms with Crippen molar-refractivity contribution in [3.63, 3.8) is 0 Å². The van der Waals surface area contributed by atoms with E-state index in [4.69, 9.17) is 11.6 Å². The molecule has 0 saturated heterocycles. The van der Waals surface area contributed by atoms with Gasteiger partial charge in [-0.1, -0.05) is 66.2 Å². The number of allylic oxidation sites excluding steroid dienone is 1. The van der Waals surface area contributed by atoms with Gasteiger partial charge in [0.2, 0.25) is 0 Å². The number of halogens is 1. The van der Waals surface area contributed by atoms with E-state index in [0.29, 0.717) is 11.4 Å². The molecule has 0 saturated carbocycles. The number of hydrogen-bond acceptors (Lipinski definition) is 3. The van der Waals surface area contributed by atoms with Crippen molar-refractivity contribution in [1.82, 2.24) is 0 Å². The number of para-hydroxylation sites is 2. The molecule has 3 aromatic carbocycles. The molecule has 0 radical (unpaired) electrons. The number of ketones is 1. The zero-order chi connectivity index (χ0) is 19.8. The van der Waals surface area contributed by atoms with Gasteiger partial charge in [0.15, 0.2) is 5.78 Å². The molecule has 2 N–H and O–H groups in total. The van der Waals surface area contributed by atoms with Crippen molar-refractivity contribution >= 4 is 28.8 Å². The first-order valence-corrected chi connectivity index (χ1v) is 10.3. The molecule has 3 nitrogen and oxygen atoms in total. The summed E-state index contributed by atoms with van der Waals surface area (Å²) < 4.78 is 0. The molecule has 0 unspecified atom stereocenters. The molecule has 0 bridgehead atoms. The minimum Gasteiger partial charge on any atom is -0.372 e. The fourth-order valence-electron chi connectivity index (χ4n) is 4.39. The molecule has 5 rings (SSSR count). The van der Waals surface area contributed by atoms with Crippen molar-refractivity contribution in [2.45, 2.75) is 24.8 Å². The standard InChI is InChI=1S/C25H21ClN2O/c26-19-10-6-9-17(13-19)25-24-22(27-20-11-4-5-12-21(20)28-25)14-18(15-23(24)29)16-7-2-1-3-8-16/h1-13,18,25,27-28H,14-15H2/t18-,25+/m1/s1. The minimum absolute atomic E-state index is 0.179. The van der Waals surface area contributed by atoms with Crippen LogP contribution in [-0.4, -0.2) is 5.78 Å². The van der Waals surface area contributed by atoms with E-state index < -0.39 is 0 Å². The minimum atomic E-state index is -0.232. The predicted octanol–water partition coefficient (Wildman–Crippen LogP) is 6.32. The van der Waals surface area contributed by atoms with E-state index in [1.54, 1.807) is 0 Å². The molecule has 2 aliphatic rings. The molecule has 1 aliphatic carbocycles. The maximum Gasteiger partial charge on any atom is 0.163 e. The first kappa shape index (κ1) is 18.0. The van der Waals surface area contributed by atoms with Gasteiger partial charge in [0.1, 0.15) is 0 Å². The predicted molar refractivity (Wildman–Crippen MR) is 118 cm³/mol. The van der Waals surface area contributed by atoms with Crippen LogP contribution in [-0.2, 0) is 4.79 Å². The fraction of sp³-hybridized carbons (Fsp3) is 0.160. The third-order valence-corrected chi connectivity index (χ3v) is 6.00. The van der Waals surface area contributed by atoms with Crippen molar-refractivity contribution < 1.29 is 4.79 Å². The van der Waals surface area contributed by atoms with E-state index in [1.165, 1.54) is 5.56 Å². The van der Waals surface area contributed by atoms with Crippen molar-refractivity contribution in [1.29, 1.82) is 0 Å². The number of benzene rings is 3. The van der Waals surface area contributed by atoms with Crippen molar-refractivity contribution in [3.05, 3.63) is 106 Å². The molecular formula is C25H21ClN2O. The summed E-state index contributed by atoms with van der Waals surface area (Å²) in [7, 11) is 0. The second kappa shape index (κ2) is 7.41. The Hall–Kier alpha value is -3.04. The first-order chi connectivity index (χ1) is 14.2. The SMILES string of the molecule is O=C1C[C@H](c2ccccc2)CC2=C1[C@H](c1cccc(Cl)c1)Nc1ccccc1N2. The van der Waals surface area contributed by atoms with Crippen LogP contribution in [0, 0.1) is 0 Å². The molecule has 29 heavy (non-hydrogen) atoms. The van der Waals surface area contributed by atoms with Crippen LogP contribution in [0.2, 0.25) is 5.02 Å². The number of anilines is 2. The lowest BCUT2D eigenvalue weighted by Gasteiger charge is -2.30. The second-order valence-electron chi connectivity index (χ2n) is 7.63. The smallest absolute Gasteiger partial charge is 0.163 e. The van der Waals surface area contributed by atoms with Gasteiger partial charge in [0.25, 0.3) is 0 Å². The third-order valence-electron chi connectivity index (χ3n) is 5.76. The molecule has 1 aliphatic heterocycles. The van der Waals surface area contributed by atoms with Crippen LogP contribution in [0.25, 0.3) is 0 Å². The highest BCUT2D eigenvalue weighted by atomic mass is 35.5. The average molecular weight is 401 g/mol. The summed E-state index contributed by atoms with van der Waals surface area (Å²) in [5, 5.41) is 7.83. The molecule has 144 valence electrons. The topological polar surface area (TPSA) is 41.1 Å². The molecule has 2 atom stereocenters. The fourth-order valence-corrected chi connectivity index (χ4v) is 4.59. The van der Waals surface area contributed by atoms with E-state index in [2.05, 4.69) is 22.8 Å². The van der Waals surface area contributed by atoms with Crippen molar-refractivity contribution in [2.75, 3.05) is 10.6 Å². The Balaban J connectivity index is 1.63. The lowest BCUT2D eigenvalue weighted by molar-refractivity contribution is -0.116. The van der Waals surface area contributed by atoms with Gasteiger partial charge in [-0.3, -0.25) is 4.79 Å². The van der Waals surface area contributed by atoms with Crippen LogP contribution >= 0.6 is 11.6 Å². The Morgan fingerprint density at radius 2 is 1.52 bits per heavy atom. The monoisotopic (exact) mass is 400 g/mol. The first-order valence-electron chi connectivity index (χ1n) is 9.88. The summed E-state index contributed by atoms with van der Waals surface area (Å²) in [4.78, 5) is 13.4. The van der Waals surface area contributed by atoms with Gasteiger partial charge in [-0.05, 0) is 47.7 Å². The quantitative estimate of drug-likeness (QED) is 0.528. The number of carbonyl (C=O) groups is 1. The van der Waals surface area contributed by atoms with Gasteiger partial charge in [0, 0.05) is 22.7 Å². The summed E-state index contributed by atoms with van der Waals surface area (Å²) in [5.41, 5.74) is 5.99. The number of hydrogen-bond donors (Lipinski definition) is 2. The summed E-state index contributed by atoms with van der Waals surface area (Å²) in [6.45, 7) is 0. The number of carbonyl (C=O) groups excluding carboxylic acids is 1. The molecule has 1 heterocycles. The molecule has 0 aromatic heterocycles. The van der Waals surface area contributed by atoms with Crippen LogP contribution in [0.3, 0.4) is 0 Å². The van der Waals surface area contributed by atoms with Crippen molar-refractivity contribution in [2.24, 2.45) is 0 Å². The Morgan fingerprint density at radius 3 is 2.31 bits per heavy atom. The Labute approximate surface area is 175 Å². The lowest BCUT2D eigenvalue weighted by atomic mass is 9.78. The number of fused-ring (bicyclic) bond motifs is 1. The van der Waals surface area contributed by atoms with Crippen LogP contribution in [0.5, 0.6) is 0 Å². The van der Waals surface area contributed by atoms with Gasteiger partial charge >= 0.3 is 0 Å². The van der Waals surface area contributed by atoms with Crippen LogP contribution < -0.4 is 10.6 Å².